The van der Waals surface area contributed by atoms with Crippen LogP contribution in [0.15, 0.2) is 23.1 Å². The van der Waals surface area contributed by atoms with Gasteiger partial charge in [0.2, 0.25) is 10.0 Å². The standard InChI is InChI=1S/C13H21NO4S/c1-10-5-6-12(18-4)13(9-10)19(16,17)14(3)8-7-11(2)15/h5-6,9,11,15H,7-8H2,1-4H3. The van der Waals surface area contributed by atoms with E-state index < -0.39 is 16.1 Å². The van der Waals surface area contributed by atoms with Crippen LogP contribution in [0.5, 0.6) is 5.75 Å². The third-order valence-electron chi connectivity index (χ3n) is 2.87. The van der Waals surface area contributed by atoms with Crippen molar-refractivity contribution in [2.75, 3.05) is 20.7 Å². The molecule has 0 aliphatic carbocycles. The van der Waals surface area contributed by atoms with E-state index in [1.165, 1.54) is 18.5 Å². The Morgan fingerprint density at radius 2 is 2.05 bits per heavy atom. The van der Waals surface area contributed by atoms with Crippen LogP contribution in [0.4, 0.5) is 0 Å². The quantitative estimate of drug-likeness (QED) is 0.858. The minimum Gasteiger partial charge on any atom is -0.495 e. The number of hydrogen-bond donors (Lipinski definition) is 1. The van der Waals surface area contributed by atoms with Crippen LogP contribution >= 0.6 is 0 Å². The van der Waals surface area contributed by atoms with E-state index in [1.807, 2.05) is 6.92 Å². The predicted octanol–water partition coefficient (Wildman–Crippen LogP) is 1.40. The van der Waals surface area contributed by atoms with Gasteiger partial charge in [0, 0.05) is 13.6 Å². The van der Waals surface area contributed by atoms with Gasteiger partial charge in [-0.05, 0) is 38.0 Å². The topological polar surface area (TPSA) is 66.8 Å². The molecule has 1 atom stereocenters. The van der Waals surface area contributed by atoms with Crippen LogP contribution in [-0.4, -0.2) is 44.6 Å². The van der Waals surface area contributed by atoms with E-state index >= 15 is 0 Å². The summed E-state index contributed by atoms with van der Waals surface area (Å²) >= 11 is 0. The van der Waals surface area contributed by atoms with Gasteiger partial charge in [-0.3, -0.25) is 0 Å². The molecule has 1 N–H and O–H groups in total. The van der Waals surface area contributed by atoms with Crippen LogP contribution in [0, 0.1) is 6.92 Å². The SMILES string of the molecule is COc1ccc(C)cc1S(=O)(=O)N(C)CCC(C)O. The largest absolute Gasteiger partial charge is 0.495 e. The number of methoxy groups -OCH3 is 1. The average Bonchev–Trinajstić information content (AvgIpc) is 2.35. The molecule has 0 bridgehead atoms. The Kier molecular flexibility index (Phi) is 5.34. The molecule has 1 aromatic rings. The van der Waals surface area contributed by atoms with Crippen molar-refractivity contribution in [2.45, 2.75) is 31.3 Å². The summed E-state index contributed by atoms with van der Waals surface area (Å²) < 4.78 is 31.2. The number of sulfonamides is 1. The number of ether oxygens (including phenoxy) is 1. The predicted molar refractivity (Wildman–Crippen MR) is 73.8 cm³/mol. The lowest BCUT2D eigenvalue weighted by Crippen LogP contribution is -2.30. The minimum absolute atomic E-state index is 0.156. The Morgan fingerprint density at radius 1 is 1.42 bits per heavy atom. The van der Waals surface area contributed by atoms with Gasteiger partial charge in [0.05, 0.1) is 13.2 Å². The Bertz CT molecular complexity index is 525. The zero-order chi connectivity index (χ0) is 14.6. The molecule has 0 aliphatic rings. The van der Waals surface area contributed by atoms with Crippen LogP contribution in [-0.2, 0) is 10.0 Å². The van der Waals surface area contributed by atoms with E-state index in [-0.39, 0.29) is 11.4 Å². The maximum Gasteiger partial charge on any atom is 0.246 e. The van der Waals surface area contributed by atoms with Gasteiger partial charge in [-0.15, -0.1) is 0 Å². The minimum atomic E-state index is -3.60. The normalized spacial score (nSPS) is 13.6. The van der Waals surface area contributed by atoms with Gasteiger partial charge in [-0.1, -0.05) is 6.07 Å². The van der Waals surface area contributed by atoms with Crippen molar-refractivity contribution in [1.29, 1.82) is 0 Å². The number of hydrogen-bond acceptors (Lipinski definition) is 4. The summed E-state index contributed by atoms with van der Waals surface area (Å²) in [4.78, 5) is 0.156. The van der Waals surface area contributed by atoms with Crippen molar-refractivity contribution >= 4 is 10.0 Å². The van der Waals surface area contributed by atoms with Gasteiger partial charge in [-0.25, -0.2) is 12.7 Å². The van der Waals surface area contributed by atoms with Crippen molar-refractivity contribution in [3.63, 3.8) is 0 Å². The van der Waals surface area contributed by atoms with Crippen molar-refractivity contribution in [3.05, 3.63) is 23.8 Å². The molecular formula is C13H21NO4S. The molecule has 108 valence electrons. The van der Waals surface area contributed by atoms with E-state index in [1.54, 1.807) is 25.1 Å². The zero-order valence-electron chi connectivity index (χ0n) is 11.8. The highest BCUT2D eigenvalue weighted by Crippen LogP contribution is 2.27. The lowest BCUT2D eigenvalue weighted by atomic mass is 10.2. The van der Waals surface area contributed by atoms with Gasteiger partial charge in [0.25, 0.3) is 0 Å². The van der Waals surface area contributed by atoms with Crippen LogP contribution < -0.4 is 4.74 Å². The number of benzene rings is 1. The summed E-state index contributed by atoms with van der Waals surface area (Å²) in [6, 6.07) is 5.03. The van der Waals surface area contributed by atoms with Crippen molar-refractivity contribution in [2.24, 2.45) is 0 Å². The fraction of sp³-hybridized carbons (Fsp3) is 0.538. The molecule has 0 amide bonds. The van der Waals surface area contributed by atoms with Crippen LogP contribution in [0.25, 0.3) is 0 Å². The Labute approximate surface area is 114 Å². The molecule has 0 aliphatic heterocycles. The summed E-state index contributed by atoms with van der Waals surface area (Å²) in [5.41, 5.74) is 0.850. The molecule has 0 saturated carbocycles. The van der Waals surface area contributed by atoms with E-state index in [0.29, 0.717) is 12.2 Å². The molecule has 0 heterocycles. The average molecular weight is 287 g/mol. The highest BCUT2D eigenvalue weighted by Gasteiger charge is 2.24. The number of rotatable bonds is 6. The molecule has 0 radical (unpaired) electrons. The monoisotopic (exact) mass is 287 g/mol. The molecule has 0 spiro atoms. The fourth-order valence-corrected chi connectivity index (χ4v) is 3.06. The van der Waals surface area contributed by atoms with E-state index in [2.05, 4.69) is 0 Å². The second-order valence-corrected chi connectivity index (χ2v) is 6.63. The van der Waals surface area contributed by atoms with Crippen LogP contribution in [0.3, 0.4) is 0 Å². The van der Waals surface area contributed by atoms with E-state index in [9.17, 15) is 13.5 Å². The second-order valence-electron chi connectivity index (χ2n) is 4.62. The number of aryl methyl sites for hydroxylation is 1. The summed E-state index contributed by atoms with van der Waals surface area (Å²) in [6.45, 7) is 3.72. The molecule has 19 heavy (non-hydrogen) atoms. The zero-order valence-corrected chi connectivity index (χ0v) is 12.6. The molecule has 0 aromatic heterocycles. The second kappa shape index (κ2) is 6.36. The summed E-state index contributed by atoms with van der Waals surface area (Å²) in [7, 11) is -0.659. The van der Waals surface area contributed by atoms with Crippen LogP contribution in [0.1, 0.15) is 18.9 Å². The van der Waals surface area contributed by atoms with Crippen molar-refractivity contribution in [3.8, 4) is 5.75 Å². The summed E-state index contributed by atoms with van der Waals surface area (Å²) in [6.07, 6.45) is -0.138. The molecule has 1 aromatic carbocycles. The first-order valence-electron chi connectivity index (χ1n) is 6.08. The van der Waals surface area contributed by atoms with Crippen LogP contribution in [0.2, 0.25) is 0 Å². The van der Waals surface area contributed by atoms with Crippen molar-refractivity contribution < 1.29 is 18.3 Å². The van der Waals surface area contributed by atoms with Gasteiger partial charge in [0.15, 0.2) is 0 Å². The fourth-order valence-electron chi connectivity index (χ4n) is 1.64. The maximum atomic E-state index is 12.4. The summed E-state index contributed by atoms with van der Waals surface area (Å²) in [5, 5.41) is 9.24. The molecule has 6 heteroatoms. The molecule has 1 rings (SSSR count). The van der Waals surface area contributed by atoms with Gasteiger partial charge >= 0.3 is 0 Å². The first kappa shape index (κ1) is 15.9. The first-order valence-corrected chi connectivity index (χ1v) is 7.52. The first-order chi connectivity index (χ1) is 8.78. The number of aliphatic hydroxyl groups is 1. The Balaban J connectivity index is 3.09. The lowest BCUT2D eigenvalue weighted by molar-refractivity contribution is 0.177. The highest BCUT2D eigenvalue weighted by molar-refractivity contribution is 7.89. The third-order valence-corrected chi connectivity index (χ3v) is 4.75. The van der Waals surface area contributed by atoms with E-state index in [4.69, 9.17) is 4.74 Å². The van der Waals surface area contributed by atoms with Gasteiger partial charge in [0.1, 0.15) is 10.6 Å². The Hall–Kier alpha value is -1.11. The smallest absolute Gasteiger partial charge is 0.246 e. The molecule has 1 unspecified atom stereocenters. The summed E-state index contributed by atoms with van der Waals surface area (Å²) in [5.74, 6) is 0.328. The molecule has 0 fully saturated rings. The number of aliphatic hydroxyl groups excluding tert-OH is 1. The van der Waals surface area contributed by atoms with Gasteiger partial charge in [-0.2, -0.15) is 0 Å². The van der Waals surface area contributed by atoms with Gasteiger partial charge < -0.3 is 9.84 Å². The Morgan fingerprint density at radius 3 is 2.58 bits per heavy atom. The van der Waals surface area contributed by atoms with E-state index in [0.717, 1.165) is 5.56 Å². The number of nitrogens with zero attached hydrogens (tertiary/aromatic N) is 1. The van der Waals surface area contributed by atoms with Crippen molar-refractivity contribution in [1.82, 2.24) is 4.31 Å². The molecule has 5 nitrogen and oxygen atoms in total. The third kappa shape index (κ3) is 3.92. The maximum absolute atomic E-state index is 12.4. The molecular weight excluding hydrogens is 266 g/mol. The molecule has 0 saturated heterocycles. The lowest BCUT2D eigenvalue weighted by Gasteiger charge is -2.19. The highest BCUT2D eigenvalue weighted by atomic mass is 32.2.